The highest BCUT2D eigenvalue weighted by atomic mass is 35.5. The summed E-state index contributed by atoms with van der Waals surface area (Å²) in [5, 5.41) is 7.28. The van der Waals surface area contributed by atoms with Crippen LogP contribution >= 0.6 is 23.4 Å². The average molecular weight is 627 g/mol. The molecule has 0 spiro atoms. The number of carbonyl (C=O) groups excluding carboxylic acids is 2. The van der Waals surface area contributed by atoms with E-state index in [1.807, 2.05) is 48.5 Å². The molecule has 0 amide bonds. The second-order valence-electron chi connectivity index (χ2n) is 11.2. The number of thioether (sulfide) groups is 1. The molecule has 0 saturated carbocycles. The lowest BCUT2D eigenvalue weighted by molar-refractivity contribution is -0.140. The van der Waals surface area contributed by atoms with Crippen LogP contribution in [0.15, 0.2) is 75.8 Å². The first-order valence-corrected chi connectivity index (χ1v) is 16.8. The Morgan fingerprint density at radius 1 is 1.05 bits per heavy atom. The van der Waals surface area contributed by atoms with Crippen molar-refractivity contribution in [1.29, 1.82) is 0 Å². The van der Waals surface area contributed by atoms with Crippen LogP contribution in [0.1, 0.15) is 74.1 Å². The summed E-state index contributed by atoms with van der Waals surface area (Å²) in [6, 6.07) is 15.8. The number of fused-ring (bicyclic) bond motifs is 3. The second kappa shape index (κ2) is 14.4. The Morgan fingerprint density at radius 3 is 2.55 bits per heavy atom. The summed E-state index contributed by atoms with van der Waals surface area (Å²) in [6.45, 7) is 8.62. The van der Waals surface area contributed by atoms with Gasteiger partial charge in [0, 0.05) is 56.3 Å². The number of allylic oxidation sites excluding steroid dienone is 3. The van der Waals surface area contributed by atoms with Crippen molar-refractivity contribution in [2.24, 2.45) is 11.1 Å². The van der Waals surface area contributed by atoms with Crippen molar-refractivity contribution in [1.82, 2.24) is 4.57 Å². The quantitative estimate of drug-likeness (QED) is 0.0550. The first-order chi connectivity index (χ1) is 21.3. The number of oxime groups is 1. The summed E-state index contributed by atoms with van der Waals surface area (Å²) in [7, 11) is 0. The van der Waals surface area contributed by atoms with Crippen LogP contribution in [0.3, 0.4) is 0 Å². The van der Waals surface area contributed by atoms with Crippen molar-refractivity contribution in [3.8, 4) is 0 Å². The molecule has 7 heteroatoms. The average Bonchev–Trinajstić information content (AvgIpc) is 3.19. The van der Waals surface area contributed by atoms with Gasteiger partial charge in [-0.05, 0) is 98.3 Å². The molecule has 2 aromatic carbocycles. The molecule has 5 rings (SSSR count). The SMILES string of the molecule is CCc1ccccc1C(=O)C1=C[C@@H](C)C=c2c(c3c(n2CC)CCC(/C(CCCSc2ccc(Cl)cc2)=N/OC(C)=O)=C3)=C1. The zero-order chi connectivity index (χ0) is 31.2. The number of Topliss-reactive ketones (excluding diaryl/α,β-unsaturated/α-hetero) is 1. The Kier molecular flexibility index (Phi) is 10.4. The molecule has 0 unspecified atom stereocenters. The minimum Gasteiger partial charge on any atom is -0.344 e. The van der Waals surface area contributed by atoms with Gasteiger partial charge in [0.1, 0.15) is 0 Å². The lowest BCUT2D eigenvalue weighted by Crippen LogP contribution is -2.30. The first kappa shape index (κ1) is 31.8. The molecule has 2 aliphatic carbocycles. The molecule has 0 fully saturated rings. The van der Waals surface area contributed by atoms with Crippen molar-refractivity contribution in [2.75, 3.05) is 5.75 Å². The van der Waals surface area contributed by atoms with Crippen molar-refractivity contribution in [3.63, 3.8) is 0 Å². The maximum atomic E-state index is 13.9. The molecule has 1 heterocycles. The molecule has 3 aromatic rings. The van der Waals surface area contributed by atoms with Crippen LogP contribution in [0.25, 0.3) is 18.2 Å². The van der Waals surface area contributed by atoms with Gasteiger partial charge in [0.2, 0.25) is 0 Å². The molecule has 0 N–H and O–H groups in total. The van der Waals surface area contributed by atoms with Crippen LogP contribution in [0.5, 0.6) is 0 Å². The van der Waals surface area contributed by atoms with Crippen LogP contribution in [0.2, 0.25) is 5.02 Å². The van der Waals surface area contributed by atoms with Gasteiger partial charge in [-0.15, -0.1) is 11.8 Å². The third-order valence-corrected chi connectivity index (χ3v) is 9.47. The van der Waals surface area contributed by atoms with E-state index in [1.54, 1.807) is 11.8 Å². The molecule has 1 atom stereocenters. The fourth-order valence-electron chi connectivity index (χ4n) is 6.06. The summed E-state index contributed by atoms with van der Waals surface area (Å²) in [5.74, 6) is 0.629. The fraction of sp³-hybridized carbons (Fsp3) is 0.324. The van der Waals surface area contributed by atoms with E-state index in [9.17, 15) is 9.59 Å². The maximum Gasteiger partial charge on any atom is 0.331 e. The third-order valence-electron chi connectivity index (χ3n) is 8.12. The first-order valence-electron chi connectivity index (χ1n) is 15.4. The lowest BCUT2D eigenvalue weighted by Gasteiger charge is -2.18. The topological polar surface area (TPSA) is 60.7 Å². The molecule has 0 saturated heterocycles. The zero-order valence-corrected chi connectivity index (χ0v) is 27.4. The Bertz CT molecular complexity index is 1780. The number of ketones is 1. The summed E-state index contributed by atoms with van der Waals surface area (Å²) in [4.78, 5) is 32.0. The molecule has 0 aliphatic heterocycles. The molecule has 5 nitrogen and oxygen atoms in total. The molecular formula is C37H39ClN2O3S. The number of hydrogen-bond donors (Lipinski definition) is 0. The van der Waals surface area contributed by atoms with Crippen LogP contribution in [0, 0.1) is 5.92 Å². The minimum atomic E-state index is -0.432. The van der Waals surface area contributed by atoms with E-state index in [4.69, 9.17) is 16.4 Å². The van der Waals surface area contributed by atoms with Crippen LogP contribution in [-0.2, 0) is 29.0 Å². The smallest absolute Gasteiger partial charge is 0.331 e. The normalized spacial score (nSPS) is 16.0. The number of hydrogen-bond acceptors (Lipinski definition) is 5. The van der Waals surface area contributed by atoms with E-state index >= 15 is 0 Å². The number of nitrogens with zero attached hydrogens (tertiary/aromatic N) is 2. The number of rotatable bonds is 11. The third kappa shape index (κ3) is 7.19. The number of aromatic nitrogens is 1. The Hall–Kier alpha value is -3.61. The van der Waals surface area contributed by atoms with Gasteiger partial charge in [-0.25, -0.2) is 4.79 Å². The van der Waals surface area contributed by atoms with Gasteiger partial charge >= 0.3 is 5.97 Å². The highest BCUT2D eigenvalue weighted by Gasteiger charge is 2.24. The summed E-state index contributed by atoms with van der Waals surface area (Å²) < 4.78 is 2.39. The summed E-state index contributed by atoms with van der Waals surface area (Å²) in [6.07, 6.45) is 12.7. The van der Waals surface area contributed by atoms with Gasteiger partial charge in [0.15, 0.2) is 5.78 Å². The minimum absolute atomic E-state index is 0.0591. The molecular weight excluding hydrogens is 588 g/mol. The number of benzene rings is 2. The molecule has 228 valence electrons. The van der Waals surface area contributed by atoms with E-state index in [0.29, 0.717) is 6.42 Å². The number of halogens is 1. The van der Waals surface area contributed by atoms with Crippen LogP contribution < -0.4 is 10.6 Å². The largest absolute Gasteiger partial charge is 0.344 e. The summed E-state index contributed by atoms with van der Waals surface area (Å²) >= 11 is 7.80. The molecule has 2 aliphatic rings. The second-order valence-corrected chi connectivity index (χ2v) is 12.8. The van der Waals surface area contributed by atoms with Gasteiger partial charge in [-0.1, -0.05) is 67.0 Å². The Morgan fingerprint density at radius 2 is 1.82 bits per heavy atom. The van der Waals surface area contributed by atoms with E-state index in [0.717, 1.165) is 87.1 Å². The van der Waals surface area contributed by atoms with Crippen molar-refractivity contribution in [3.05, 3.63) is 104 Å². The van der Waals surface area contributed by atoms with Gasteiger partial charge in [-0.2, -0.15) is 0 Å². The van der Waals surface area contributed by atoms with Crippen LogP contribution in [0.4, 0.5) is 0 Å². The number of aryl methyl sites for hydroxylation is 1. The van der Waals surface area contributed by atoms with Gasteiger partial charge in [0.25, 0.3) is 0 Å². The molecule has 44 heavy (non-hydrogen) atoms. The van der Waals surface area contributed by atoms with E-state index in [1.165, 1.54) is 17.5 Å². The fourth-order valence-corrected chi connectivity index (χ4v) is 7.03. The molecule has 0 bridgehead atoms. The Labute approximate surface area is 269 Å². The maximum absolute atomic E-state index is 13.9. The predicted octanol–water partition coefficient (Wildman–Crippen LogP) is 7.57. The lowest BCUT2D eigenvalue weighted by atomic mass is 9.91. The van der Waals surface area contributed by atoms with Gasteiger partial charge in [-0.3, -0.25) is 4.79 Å². The summed E-state index contributed by atoms with van der Waals surface area (Å²) in [5.41, 5.74) is 6.82. The number of carbonyl (C=O) groups is 2. The predicted molar refractivity (Wildman–Crippen MR) is 183 cm³/mol. The molecule has 0 radical (unpaired) electrons. The Balaban J connectivity index is 1.50. The molecule has 1 aromatic heterocycles. The zero-order valence-electron chi connectivity index (χ0n) is 25.9. The standard InChI is InChI=1S/C37H39ClN2O3S/c1-5-26-10-7-8-11-31(26)37(42)28-20-24(3)21-36-33(23-28)32-22-27(13-18-35(32)40(36)6-2)34(39-43-25(4)41)12-9-19-44-30-16-14-29(38)15-17-30/h7-8,10-11,14-17,20-24H,5-6,9,12-13,18-19H2,1-4H3/b39-34+/t24-/m1/s1. The highest BCUT2D eigenvalue weighted by molar-refractivity contribution is 7.99. The van der Waals surface area contributed by atoms with E-state index in [-0.39, 0.29) is 11.7 Å². The van der Waals surface area contributed by atoms with Crippen LogP contribution in [-0.4, -0.2) is 27.8 Å². The van der Waals surface area contributed by atoms with Crippen molar-refractivity contribution in [2.45, 2.75) is 71.2 Å². The highest BCUT2D eigenvalue weighted by Crippen LogP contribution is 2.27. The van der Waals surface area contributed by atoms with E-state index in [2.05, 4.69) is 54.8 Å². The van der Waals surface area contributed by atoms with E-state index < -0.39 is 5.97 Å². The monoisotopic (exact) mass is 626 g/mol. The van der Waals surface area contributed by atoms with Gasteiger partial charge < -0.3 is 9.40 Å². The van der Waals surface area contributed by atoms with Crippen molar-refractivity contribution >= 4 is 59.1 Å². The van der Waals surface area contributed by atoms with Crippen molar-refractivity contribution < 1.29 is 14.4 Å². The van der Waals surface area contributed by atoms with Gasteiger partial charge in [0.05, 0.1) is 5.71 Å².